The minimum absolute atomic E-state index is 0.0478. The van der Waals surface area contributed by atoms with Crippen LogP contribution in [0, 0.1) is 0 Å². The Bertz CT molecular complexity index is 743. The van der Waals surface area contributed by atoms with Crippen molar-refractivity contribution in [1.82, 2.24) is 5.43 Å². The van der Waals surface area contributed by atoms with Crippen molar-refractivity contribution in [2.75, 3.05) is 6.61 Å². The van der Waals surface area contributed by atoms with E-state index in [9.17, 15) is 9.90 Å². The molecule has 5 nitrogen and oxygen atoms in total. The normalized spacial score (nSPS) is 11.0. The van der Waals surface area contributed by atoms with Gasteiger partial charge in [-0.1, -0.05) is 13.3 Å². The number of thiophene rings is 1. The number of ether oxygens (including phenoxy) is 1. The molecule has 0 atom stereocenters. The molecule has 2 rings (SSSR count). The summed E-state index contributed by atoms with van der Waals surface area (Å²) in [4.78, 5) is 13.3. The van der Waals surface area contributed by atoms with E-state index in [0.717, 1.165) is 12.8 Å². The molecule has 1 amide bonds. The summed E-state index contributed by atoms with van der Waals surface area (Å²) in [6.07, 6.45) is 3.53. The quantitative estimate of drug-likeness (QED) is 0.526. The van der Waals surface area contributed by atoms with E-state index in [0.29, 0.717) is 28.0 Å². The molecule has 24 heavy (non-hydrogen) atoms. The number of carbonyl (C=O) groups is 1. The third-order valence-electron chi connectivity index (χ3n) is 3.16. The van der Waals surface area contributed by atoms with E-state index in [4.69, 9.17) is 4.74 Å². The van der Waals surface area contributed by atoms with Gasteiger partial charge in [-0.3, -0.25) is 4.79 Å². The second-order valence-electron chi connectivity index (χ2n) is 5.03. The van der Waals surface area contributed by atoms with E-state index in [1.807, 2.05) is 18.4 Å². The van der Waals surface area contributed by atoms with Crippen LogP contribution in [0.3, 0.4) is 0 Å². The van der Waals surface area contributed by atoms with Crippen molar-refractivity contribution in [3.63, 3.8) is 0 Å². The maximum Gasteiger partial charge on any atom is 0.272 e. The minimum atomic E-state index is -0.246. The van der Waals surface area contributed by atoms with Crippen molar-refractivity contribution in [3.8, 4) is 11.5 Å². The number of amides is 1. The van der Waals surface area contributed by atoms with Gasteiger partial charge in [0.15, 0.2) is 11.5 Å². The Kier molecular flexibility index (Phi) is 6.81. The number of rotatable bonds is 7. The molecule has 0 aliphatic carbocycles. The Morgan fingerprint density at radius 3 is 2.92 bits per heavy atom. The Morgan fingerprint density at radius 1 is 1.42 bits per heavy atom. The fraction of sp³-hybridized carbons (Fsp3) is 0.294. The molecule has 0 unspecified atom stereocenters. The fourth-order valence-electron chi connectivity index (χ4n) is 2.03. The molecular weight excluding hydrogens is 392 g/mol. The Hall–Kier alpha value is -1.86. The number of halogens is 1. The molecule has 1 aromatic carbocycles. The van der Waals surface area contributed by atoms with E-state index >= 15 is 0 Å². The van der Waals surface area contributed by atoms with Crippen LogP contribution >= 0.6 is 27.3 Å². The average Bonchev–Trinajstić information content (AvgIpc) is 3.01. The maximum absolute atomic E-state index is 12.1. The second kappa shape index (κ2) is 8.84. The molecule has 1 heterocycles. The molecule has 128 valence electrons. The number of hydrazone groups is 1. The number of aryl methyl sites for hydroxylation is 1. The summed E-state index contributed by atoms with van der Waals surface area (Å²) in [5.41, 5.74) is 3.81. The lowest BCUT2D eigenvalue weighted by Crippen LogP contribution is -2.16. The lowest BCUT2D eigenvalue weighted by Gasteiger charge is -2.08. The van der Waals surface area contributed by atoms with Crippen molar-refractivity contribution in [3.05, 3.63) is 44.1 Å². The molecular formula is C17H19BrN2O3S. The van der Waals surface area contributed by atoms with Crippen LogP contribution in [0.2, 0.25) is 0 Å². The summed E-state index contributed by atoms with van der Waals surface area (Å²) in [7, 11) is 0. The van der Waals surface area contributed by atoms with Crippen molar-refractivity contribution in [2.24, 2.45) is 5.10 Å². The van der Waals surface area contributed by atoms with Crippen LogP contribution in [0.4, 0.5) is 0 Å². The van der Waals surface area contributed by atoms with E-state index in [1.165, 1.54) is 17.2 Å². The maximum atomic E-state index is 12.1. The lowest BCUT2D eigenvalue weighted by atomic mass is 10.2. The van der Waals surface area contributed by atoms with Gasteiger partial charge in [0.05, 0.1) is 18.4 Å². The molecule has 0 bridgehead atoms. The standard InChI is InChI=1S/C17H19BrN2O3S/c1-3-5-13-6-12(10-24-13)17(22)20-19-9-11-7-16(23-4-2)15(21)8-14(11)18/h6-10,21H,3-5H2,1-2H3,(H,20,22)/b19-9-. The first-order valence-corrected chi connectivity index (χ1v) is 9.28. The van der Waals surface area contributed by atoms with E-state index < -0.39 is 0 Å². The van der Waals surface area contributed by atoms with Gasteiger partial charge in [-0.2, -0.15) is 5.10 Å². The van der Waals surface area contributed by atoms with Crippen molar-refractivity contribution < 1.29 is 14.6 Å². The topological polar surface area (TPSA) is 70.9 Å². The number of phenolic OH excluding ortho intramolecular Hbond substituents is 1. The van der Waals surface area contributed by atoms with Crippen LogP contribution < -0.4 is 10.2 Å². The van der Waals surface area contributed by atoms with Crippen molar-refractivity contribution in [2.45, 2.75) is 26.7 Å². The van der Waals surface area contributed by atoms with Crippen LogP contribution in [0.15, 0.2) is 33.2 Å². The summed E-state index contributed by atoms with van der Waals surface area (Å²) in [6.45, 7) is 4.39. The van der Waals surface area contributed by atoms with Gasteiger partial charge >= 0.3 is 0 Å². The van der Waals surface area contributed by atoms with Crippen LogP contribution in [-0.2, 0) is 6.42 Å². The monoisotopic (exact) mass is 410 g/mol. The summed E-state index contributed by atoms with van der Waals surface area (Å²) < 4.78 is 5.99. The number of carbonyl (C=O) groups excluding carboxylic acids is 1. The molecule has 0 aliphatic heterocycles. The molecule has 2 N–H and O–H groups in total. The number of hydrogen-bond acceptors (Lipinski definition) is 5. The molecule has 0 spiro atoms. The minimum Gasteiger partial charge on any atom is -0.504 e. The van der Waals surface area contributed by atoms with Gasteiger partial charge in [-0.05, 0) is 47.5 Å². The highest BCUT2D eigenvalue weighted by atomic mass is 79.9. The molecule has 0 saturated heterocycles. The van der Waals surface area contributed by atoms with Gasteiger partial charge in [0.2, 0.25) is 0 Å². The highest BCUT2D eigenvalue weighted by Gasteiger charge is 2.09. The predicted molar refractivity (Wildman–Crippen MR) is 100 cm³/mol. The van der Waals surface area contributed by atoms with Gasteiger partial charge in [-0.15, -0.1) is 11.3 Å². The van der Waals surface area contributed by atoms with Gasteiger partial charge < -0.3 is 9.84 Å². The zero-order chi connectivity index (χ0) is 17.5. The third kappa shape index (κ3) is 4.82. The molecule has 2 aromatic rings. The highest BCUT2D eigenvalue weighted by Crippen LogP contribution is 2.31. The summed E-state index contributed by atoms with van der Waals surface area (Å²) in [5, 5.41) is 15.6. The SMILES string of the molecule is CCCc1cc(C(=O)N/N=C\c2cc(OCC)c(O)cc2Br)cs1. The average molecular weight is 411 g/mol. The smallest absolute Gasteiger partial charge is 0.272 e. The van der Waals surface area contributed by atoms with Gasteiger partial charge in [-0.25, -0.2) is 5.43 Å². The van der Waals surface area contributed by atoms with Crippen LogP contribution in [0.25, 0.3) is 0 Å². The number of hydrogen-bond donors (Lipinski definition) is 2. The first-order chi connectivity index (χ1) is 11.5. The summed E-state index contributed by atoms with van der Waals surface area (Å²) in [6, 6.07) is 5.08. The zero-order valence-electron chi connectivity index (χ0n) is 13.5. The van der Waals surface area contributed by atoms with Gasteiger partial charge in [0.25, 0.3) is 5.91 Å². The number of nitrogens with one attached hydrogen (secondary N) is 1. The number of nitrogens with zero attached hydrogens (tertiary/aromatic N) is 1. The predicted octanol–water partition coefficient (Wildman–Crippen LogP) is 4.33. The van der Waals surface area contributed by atoms with Crippen molar-refractivity contribution >= 4 is 39.4 Å². The van der Waals surface area contributed by atoms with E-state index in [-0.39, 0.29) is 11.7 Å². The Balaban J connectivity index is 2.05. The number of phenols is 1. The number of aromatic hydroxyl groups is 1. The van der Waals surface area contributed by atoms with Crippen LogP contribution in [0.5, 0.6) is 11.5 Å². The lowest BCUT2D eigenvalue weighted by molar-refractivity contribution is 0.0955. The summed E-state index contributed by atoms with van der Waals surface area (Å²) >= 11 is 4.93. The summed E-state index contributed by atoms with van der Waals surface area (Å²) in [5.74, 6) is 0.173. The molecule has 7 heteroatoms. The van der Waals surface area contributed by atoms with Crippen LogP contribution in [-0.4, -0.2) is 23.8 Å². The van der Waals surface area contributed by atoms with E-state index in [2.05, 4.69) is 33.4 Å². The Morgan fingerprint density at radius 2 is 2.21 bits per heavy atom. The molecule has 0 radical (unpaired) electrons. The molecule has 0 fully saturated rings. The molecule has 1 aromatic heterocycles. The van der Waals surface area contributed by atoms with Crippen molar-refractivity contribution in [1.29, 1.82) is 0 Å². The Labute approximate surface area is 153 Å². The first-order valence-electron chi connectivity index (χ1n) is 7.61. The number of benzene rings is 1. The highest BCUT2D eigenvalue weighted by molar-refractivity contribution is 9.10. The van der Waals surface area contributed by atoms with Gasteiger partial charge in [0, 0.05) is 20.3 Å². The first kappa shape index (κ1) is 18.5. The fourth-order valence-corrected chi connectivity index (χ4v) is 3.43. The third-order valence-corrected chi connectivity index (χ3v) is 4.84. The zero-order valence-corrected chi connectivity index (χ0v) is 15.9. The second-order valence-corrected chi connectivity index (χ2v) is 6.88. The van der Waals surface area contributed by atoms with E-state index in [1.54, 1.807) is 17.4 Å². The largest absolute Gasteiger partial charge is 0.504 e. The van der Waals surface area contributed by atoms with Crippen LogP contribution in [0.1, 0.15) is 41.1 Å². The molecule has 0 saturated carbocycles. The van der Waals surface area contributed by atoms with Gasteiger partial charge in [0.1, 0.15) is 0 Å². The molecule has 0 aliphatic rings.